The van der Waals surface area contributed by atoms with Crippen LogP contribution in [0.1, 0.15) is 25.7 Å². The molecule has 0 bridgehead atoms. The molecule has 2 aromatic rings. The lowest BCUT2D eigenvalue weighted by Gasteiger charge is -2.28. The molecule has 25 heavy (non-hydrogen) atoms. The summed E-state index contributed by atoms with van der Waals surface area (Å²) in [7, 11) is -3.57. The van der Waals surface area contributed by atoms with Crippen LogP contribution in [0.4, 0.5) is 4.39 Å². The van der Waals surface area contributed by atoms with E-state index >= 15 is 0 Å². The molecule has 3 rings (SSSR count). The van der Waals surface area contributed by atoms with Gasteiger partial charge in [0.15, 0.2) is 5.82 Å². The lowest BCUT2D eigenvalue weighted by atomic mass is 9.94. The van der Waals surface area contributed by atoms with E-state index in [1.807, 2.05) is 0 Å². The molecule has 6 nitrogen and oxygen atoms in total. The van der Waals surface area contributed by atoms with E-state index in [4.69, 9.17) is 16.3 Å². The summed E-state index contributed by atoms with van der Waals surface area (Å²) in [5.74, 6) is -0.521. The SMILES string of the molecule is O=S(=O)(NC1CCC(Oc2ncc(F)cn2)CC1)c1ccc(Cl)cc1. The zero-order valence-electron chi connectivity index (χ0n) is 13.2. The molecule has 1 saturated carbocycles. The molecule has 0 unspecified atom stereocenters. The van der Waals surface area contributed by atoms with Crippen LogP contribution >= 0.6 is 11.6 Å². The van der Waals surface area contributed by atoms with Crippen LogP contribution in [0, 0.1) is 5.82 Å². The third-order valence-electron chi connectivity index (χ3n) is 3.99. The van der Waals surface area contributed by atoms with Crippen molar-refractivity contribution in [3.63, 3.8) is 0 Å². The minimum Gasteiger partial charge on any atom is -0.460 e. The number of hydrogen-bond donors (Lipinski definition) is 1. The molecule has 0 saturated heterocycles. The van der Waals surface area contributed by atoms with Crippen molar-refractivity contribution < 1.29 is 17.5 Å². The van der Waals surface area contributed by atoms with Gasteiger partial charge in [0.25, 0.3) is 0 Å². The van der Waals surface area contributed by atoms with Crippen molar-refractivity contribution in [2.24, 2.45) is 0 Å². The second-order valence-corrected chi connectivity index (χ2v) is 8.00. The van der Waals surface area contributed by atoms with Crippen LogP contribution in [0.25, 0.3) is 0 Å². The number of nitrogens with one attached hydrogen (secondary N) is 1. The Balaban J connectivity index is 1.53. The Kier molecular flexibility index (Phi) is 5.51. The first-order valence-corrected chi connectivity index (χ1v) is 9.70. The summed E-state index contributed by atoms with van der Waals surface area (Å²) in [5, 5.41) is 0.486. The predicted octanol–water partition coefficient (Wildman–Crippen LogP) is 2.94. The minimum atomic E-state index is -3.57. The summed E-state index contributed by atoms with van der Waals surface area (Å²) in [6, 6.07) is 6.02. The fourth-order valence-electron chi connectivity index (χ4n) is 2.71. The van der Waals surface area contributed by atoms with Gasteiger partial charge < -0.3 is 4.74 Å². The number of aromatic nitrogens is 2. The normalized spacial score (nSPS) is 21.0. The average Bonchev–Trinajstić information content (AvgIpc) is 2.59. The van der Waals surface area contributed by atoms with Crippen molar-refractivity contribution in [1.82, 2.24) is 14.7 Å². The lowest BCUT2D eigenvalue weighted by molar-refractivity contribution is 0.132. The van der Waals surface area contributed by atoms with Gasteiger partial charge in [-0.15, -0.1) is 0 Å². The van der Waals surface area contributed by atoms with Crippen molar-refractivity contribution in [3.8, 4) is 6.01 Å². The van der Waals surface area contributed by atoms with Crippen LogP contribution in [0.3, 0.4) is 0 Å². The van der Waals surface area contributed by atoms with Gasteiger partial charge in [0.1, 0.15) is 6.10 Å². The molecule has 134 valence electrons. The predicted molar refractivity (Wildman–Crippen MR) is 90.4 cm³/mol. The van der Waals surface area contributed by atoms with Crippen molar-refractivity contribution in [1.29, 1.82) is 0 Å². The summed E-state index contributed by atoms with van der Waals surface area (Å²) in [6.07, 6.45) is 4.59. The highest BCUT2D eigenvalue weighted by molar-refractivity contribution is 7.89. The highest BCUT2D eigenvalue weighted by Crippen LogP contribution is 2.24. The van der Waals surface area contributed by atoms with Crippen LogP contribution in [0.15, 0.2) is 41.6 Å². The summed E-state index contributed by atoms with van der Waals surface area (Å²) in [4.78, 5) is 7.72. The highest BCUT2D eigenvalue weighted by Gasteiger charge is 2.27. The van der Waals surface area contributed by atoms with Crippen molar-refractivity contribution in [2.75, 3.05) is 0 Å². The molecule has 0 amide bonds. The van der Waals surface area contributed by atoms with E-state index in [0.29, 0.717) is 30.7 Å². The monoisotopic (exact) mass is 385 g/mol. The molecular formula is C16H17ClFN3O3S. The molecule has 0 spiro atoms. The zero-order chi connectivity index (χ0) is 17.9. The summed E-state index contributed by atoms with van der Waals surface area (Å²) in [5.41, 5.74) is 0. The molecule has 1 fully saturated rings. The third kappa shape index (κ3) is 4.87. The van der Waals surface area contributed by atoms with Crippen LogP contribution in [-0.2, 0) is 10.0 Å². The van der Waals surface area contributed by atoms with E-state index in [-0.39, 0.29) is 23.1 Å². The van der Waals surface area contributed by atoms with E-state index in [9.17, 15) is 12.8 Å². The number of nitrogens with zero attached hydrogens (tertiary/aromatic N) is 2. The first-order chi connectivity index (χ1) is 11.9. The number of halogens is 2. The average molecular weight is 386 g/mol. The Morgan fingerprint density at radius 3 is 2.28 bits per heavy atom. The molecule has 0 aliphatic heterocycles. The van der Waals surface area contributed by atoms with E-state index in [1.165, 1.54) is 12.1 Å². The Labute approximate surface area is 150 Å². The number of benzene rings is 1. The molecule has 0 radical (unpaired) electrons. The van der Waals surface area contributed by atoms with Gasteiger partial charge in [0.05, 0.1) is 17.3 Å². The lowest BCUT2D eigenvalue weighted by Crippen LogP contribution is -2.39. The van der Waals surface area contributed by atoms with E-state index in [2.05, 4.69) is 14.7 Å². The second-order valence-electron chi connectivity index (χ2n) is 5.85. The first kappa shape index (κ1) is 18.0. The molecular weight excluding hydrogens is 369 g/mol. The van der Waals surface area contributed by atoms with Crippen LogP contribution in [0.2, 0.25) is 5.02 Å². The molecule has 1 N–H and O–H groups in total. The fraction of sp³-hybridized carbons (Fsp3) is 0.375. The molecule has 9 heteroatoms. The van der Waals surface area contributed by atoms with Gasteiger partial charge in [-0.25, -0.2) is 27.5 Å². The van der Waals surface area contributed by atoms with Crippen molar-refractivity contribution in [2.45, 2.75) is 42.7 Å². The number of rotatable bonds is 5. The number of ether oxygens (including phenoxy) is 1. The number of sulfonamides is 1. The maximum atomic E-state index is 12.8. The largest absolute Gasteiger partial charge is 0.460 e. The van der Waals surface area contributed by atoms with Crippen LogP contribution in [0.5, 0.6) is 6.01 Å². The Morgan fingerprint density at radius 2 is 1.68 bits per heavy atom. The van der Waals surface area contributed by atoms with Gasteiger partial charge in [-0.1, -0.05) is 11.6 Å². The van der Waals surface area contributed by atoms with Gasteiger partial charge in [-0.2, -0.15) is 0 Å². The van der Waals surface area contributed by atoms with E-state index in [1.54, 1.807) is 12.1 Å². The molecule has 1 aliphatic rings. The van der Waals surface area contributed by atoms with E-state index < -0.39 is 15.8 Å². The summed E-state index contributed by atoms with van der Waals surface area (Å²) in [6.45, 7) is 0. The molecule has 1 aliphatic carbocycles. The first-order valence-electron chi connectivity index (χ1n) is 7.84. The molecule has 0 atom stereocenters. The van der Waals surface area contributed by atoms with Gasteiger partial charge in [0, 0.05) is 11.1 Å². The molecule has 1 heterocycles. The van der Waals surface area contributed by atoms with Gasteiger partial charge in [0.2, 0.25) is 10.0 Å². The van der Waals surface area contributed by atoms with Crippen LogP contribution < -0.4 is 9.46 Å². The minimum absolute atomic E-state index is 0.109. The smallest absolute Gasteiger partial charge is 0.316 e. The topological polar surface area (TPSA) is 81.2 Å². The quantitative estimate of drug-likeness (QED) is 0.855. The van der Waals surface area contributed by atoms with Gasteiger partial charge in [-0.3, -0.25) is 0 Å². The summed E-state index contributed by atoms with van der Waals surface area (Å²) >= 11 is 5.78. The van der Waals surface area contributed by atoms with Crippen molar-refractivity contribution >= 4 is 21.6 Å². The Morgan fingerprint density at radius 1 is 1.08 bits per heavy atom. The maximum Gasteiger partial charge on any atom is 0.316 e. The van der Waals surface area contributed by atoms with Gasteiger partial charge in [-0.05, 0) is 49.9 Å². The van der Waals surface area contributed by atoms with Gasteiger partial charge >= 0.3 is 6.01 Å². The van der Waals surface area contributed by atoms with Crippen LogP contribution in [-0.4, -0.2) is 30.5 Å². The van der Waals surface area contributed by atoms with E-state index in [0.717, 1.165) is 12.4 Å². The Hall–Kier alpha value is -1.77. The zero-order valence-corrected chi connectivity index (χ0v) is 14.8. The molecule has 1 aromatic heterocycles. The standard InChI is InChI=1S/C16H17ClFN3O3S/c17-11-1-7-15(8-2-11)25(22,23)21-13-3-5-14(6-4-13)24-16-19-9-12(18)10-20-16/h1-2,7-10,13-14,21H,3-6H2. The fourth-order valence-corrected chi connectivity index (χ4v) is 4.14. The highest BCUT2D eigenvalue weighted by atomic mass is 35.5. The third-order valence-corrected chi connectivity index (χ3v) is 5.78. The van der Waals surface area contributed by atoms with Crippen molar-refractivity contribution in [3.05, 3.63) is 47.5 Å². The Bertz CT molecular complexity index is 808. The summed E-state index contributed by atoms with van der Waals surface area (Å²) < 4.78 is 45.9. The molecule has 1 aromatic carbocycles. The maximum absolute atomic E-state index is 12.8. The second kappa shape index (κ2) is 7.63. The number of hydrogen-bond acceptors (Lipinski definition) is 5.